The van der Waals surface area contributed by atoms with Gasteiger partial charge < -0.3 is 18.8 Å². The zero-order valence-electron chi connectivity index (χ0n) is 17.7. The van der Waals surface area contributed by atoms with Gasteiger partial charge in [-0.2, -0.15) is 0 Å². The molecule has 0 spiro atoms. The van der Waals surface area contributed by atoms with E-state index in [9.17, 15) is 13.0 Å². The van der Waals surface area contributed by atoms with Gasteiger partial charge >= 0.3 is 29.6 Å². The van der Waals surface area contributed by atoms with Gasteiger partial charge in [0.15, 0.2) is 16.7 Å². The van der Waals surface area contributed by atoms with Gasteiger partial charge in [-0.25, -0.2) is 8.42 Å². The van der Waals surface area contributed by atoms with Crippen molar-refractivity contribution in [3.05, 3.63) is 29.8 Å². The number of rotatable bonds is 15. The summed E-state index contributed by atoms with van der Waals surface area (Å²) in [5, 5.41) is -2.33. The van der Waals surface area contributed by atoms with Crippen molar-refractivity contribution < 1.29 is 56.7 Å². The van der Waals surface area contributed by atoms with Gasteiger partial charge in [-0.1, -0.05) is 51.2 Å². The van der Waals surface area contributed by atoms with Gasteiger partial charge in [-0.05, 0) is 44.4 Å². The van der Waals surface area contributed by atoms with Gasteiger partial charge in [0.05, 0.1) is 0 Å². The molecule has 0 atom stereocenters. The molecule has 0 aliphatic rings. The molecule has 0 aliphatic heterocycles. The molecule has 0 aliphatic carbocycles. The first kappa shape index (κ1) is 27.8. The molecule has 0 fully saturated rings. The van der Waals surface area contributed by atoms with E-state index >= 15 is 0 Å². The minimum absolute atomic E-state index is 0. The van der Waals surface area contributed by atoms with Crippen LogP contribution in [0.1, 0.15) is 64.9 Å². The normalized spacial score (nSPS) is 11.9. The first-order valence-corrected chi connectivity index (χ1v) is 11.2. The molecule has 0 radical (unpaired) electrons. The van der Waals surface area contributed by atoms with Crippen LogP contribution in [0, 0.1) is 0 Å². The van der Waals surface area contributed by atoms with Crippen molar-refractivity contribution in [2.75, 3.05) is 19.8 Å². The molecule has 0 amide bonds. The summed E-state index contributed by atoms with van der Waals surface area (Å²) in [5.41, 5.74) is 1.20. The van der Waals surface area contributed by atoms with Gasteiger partial charge in [0, 0.05) is 13.2 Å². The van der Waals surface area contributed by atoms with Gasteiger partial charge in [-0.3, -0.25) is 0 Å². The van der Waals surface area contributed by atoms with E-state index in [0.717, 1.165) is 12.8 Å². The van der Waals surface area contributed by atoms with E-state index in [4.69, 9.17) is 14.2 Å². The fourth-order valence-corrected chi connectivity index (χ4v) is 3.54. The summed E-state index contributed by atoms with van der Waals surface area (Å²) in [6.45, 7) is 4.91. The van der Waals surface area contributed by atoms with Gasteiger partial charge in [-0.15, -0.1) is 0 Å². The summed E-state index contributed by atoms with van der Waals surface area (Å²) in [6, 6.07) is 7.45. The van der Waals surface area contributed by atoms with Crippen LogP contribution in [-0.2, 0) is 26.0 Å². The molecule has 0 heterocycles. The molecule has 1 rings (SSSR count). The molecular weight excluding hydrogens is 391 g/mol. The Labute approximate surface area is 192 Å². The maximum Gasteiger partial charge on any atom is 1.00 e. The third-order valence-corrected chi connectivity index (χ3v) is 5.38. The van der Waals surface area contributed by atoms with Crippen LogP contribution in [0.3, 0.4) is 0 Å². The summed E-state index contributed by atoms with van der Waals surface area (Å²) in [4.78, 5) is 0. The predicted octanol–water partition coefficient (Wildman–Crippen LogP) is 1.24. The molecule has 28 heavy (non-hydrogen) atoms. The zero-order chi connectivity index (χ0) is 20.2. The van der Waals surface area contributed by atoms with Crippen LogP contribution in [0.4, 0.5) is 0 Å². The maximum absolute atomic E-state index is 11.6. The second-order valence-corrected chi connectivity index (χ2v) is 7.98. The fraction of sp³-hybridized carbons (Fsp3) is 0.700. The van der Waals surface area contributed by atoms with E-state index in [1.165, 1.54) is 37.7 Å². The number of benzene rings is 1. The van der Waals surface area contributed by atoms with Crippen LogP contribution >= 0.6 is 0 Å². The van der Waals surface area contributed by atoms with Crippen LogP contribution in [0.25, 0.3) is 0 Å². The fourth-order valence-electron chi connectivity index (χ4n) is 2.81. The van der Waals surface area contributed by atoms with E-state index in [0.29, 0.717) is 5.75 Å². The third kappa shape index (κ3) is 9.57. The molecule has 1 aromatic rings. The monoisotopic (exact) mass is 424 g/mol. The summed E-state index contributed by atoms with van der Waals surface area (Å²) in [7, 11) is -4.87. The number of hydrogen-bond donors (Lipinski definition) is 0. The van der Waals surface area contributed by atoms with Crippen LogP contribution in [0.2, 0.25) is 0 Å². The largest absolute Gasteiger partial charge is 1.00 e. The Hall–Kier alpha value is -0.150. The van der Waals surface area contributed by atoms with Crippen molar-refractivity contribution in [3.63, 3.8) is 0 Å². The minimum atomic E-state index is -4.87. The molecule has 6 nitrogen and oxygen atoms in total. The smallest absolute Gasteiger partial charge is 0.744 e. The van der Waals surface area contributed by atoms with Crippen molar-refractivity contribution in [1.82, 2.24) is 0 Å². The van der Waals surface area contributed by atoms with Crippen LogP contribution in [-0.4, -0.2) is 37.9 Å². The Morgan fingerprint density at radius 2 is 1.43 bits per heavy atom. The standard InChI is InChI=1S/C20H34O6S.Na/c1-4-7-8-9-10-11-12-18-13-15-19(16-14-18)24-17-20(25-5-2,26-6-3)27(21,22)23;/h13-16H,4-12,17H2,1-3H3,(H,21,22,23);/q;+1/p-1. The van der Waals surface area contributed by atoms with Crippen molar-refractivity contribution in [1.29, 1.82) is 0 Å². The predicted molar refractivity (Wildman–Crippen MR) is 105 cm³/mol. The third-order valence-electron chi connectivity index (χ3n) is 4.27. The van der Waals surface area contributed by atoms with Gasteiger partial charge in [0.1, 0.15) is 5.75 Å². The molecule has 156 valence electrons. The molecule has 8 heteroatoms. The maximum atomic E-state index is 11.6. The zero-order valence-corrected chi connectivity index (χ0v) is 20.6. The summed E-state index contributed by atoms with van der Waals surface area (Å²) in [6.07, 6.45) is 8.51. The average molecular weight is 425 g/mol. The van der Waals surface area contributed by atoms with Crippen LogP contribution < -0.4 is 34.3 Å². The topological polar surface area (TPSA) is 84.9 Å². The van der Waals surface area contributed by atoms with Crippen molar-refractivity contribution in [2.45, 2.75) is 70.8 Å². The second-order valence-electron chi connectivity index (χ2n) is 6.45. The van der Waals surface area contributed by atoms with E-state index < -0.39 is 21.8 Å². The quantitative estimate of drug-likeness (QED) is 0.182. The number of unbranched alkanes of at least 4 members (excludes halogenated alkanes) is 5. The van der Waals surface area contributed by atoms with Crippen molar-refractivity contribution >= 4 is 10.1 Å². The Bertz CT molecular complexity index is 612. The summed E-state index contributed by atoms with van der Waals surface area (Å²) in [5.74, 6) is 0.467. The number of aryl methyl sites for hydroxylation is 1. The van der Waals surface area contributed by atoms with E-state index in [1.54, 1.807) is 26.0 Å². The Kier molecular flexibility index (Phi) is 14.7. The Balaban J connectivity index is 0.00000729. The minimum Gasteiger partial charge on any atom is -0.744 e. The average Bonchev–Trinajstić information content (AvgIpc) is 2.63. The molecular formula is C20H33NaO6S. The summed E-state index contributed by atoms with van der Waals surface area (Å²) >= 11 is 0. The molecule has 0 saturated heterocycles. The van der Waals surface area contributed by atoms with E-state index in [-0.39, 0.29) is 42.8 Å². The molecule has 0 N–H and O–H groups in total. The number of hydrogen-bond acceptors (Lipinski definition) is 6. The molecule has 0 aromatic heterocycles. The SMILES string of the molecule is CCCCCCCCc1ccc(OCC(OCC)(OCC)S(=O)(=O)[O-])cc1.[Na+]. The van der Waals surface area contributed by atoms with E-state index in [1.807, 2.05) is 12.1 Å². The molecule has 0 saturated carbocycles. The van der Waals surface area contributed by atoms with Crippen molar-refractivity contribution in [3.8, 4) is 5.75 Å². The van der Waals surface area contributed by atoms with Gasteiger partial charge in [0.25, 0.3) is 5.12 Å². The second kappa shape index (κ2) is 14.8. The summed E-state index contributed by atoms with van der Waals surface area (Å²) < 4.78 is 50.7. The molecule has 0 bridgehead atoms. The Morgan fingerprint density at radius 3 is 1.93 bits per heavy atom. The van der Waals surface area contributed by atoms with Crippen LogP contribution in [0.15, 0.2) is 24.3 Å². The number of ether oxygens (including phenoxy) is 3. The molecule has 1 aromatic carbocycles. The van der Waals surface area contributed by atoms with Crippen molar-refractivity contribution in [2.24, 2.45) is 0 Å². The Morgan fingerprint density at radius 1 is 0.893 bits per heavy atom. The first-order chi connectivity index (χ1) is 12.9. The van der Waals surface area contributed by atoms with Gasteiger partial charge in [0.2, 0.25) is 0 Å². The van der Waals surface area contributed by atoms with Crippen LogP contribution in [0.5, 0.6) is 5.75 Å². The first-order valence-electron chi connectivity index (χ1n) is 9.83. The van der Waals surface area contributed by atoms with E-state index in [2.05, 4.69) is 6.92 Å². The molecule has 0 unspecified atom stereocenters.